The van der Waals surface area contributed by atoms with E-state index < -0.39 is 0 Å². The molecule has 0 aliphatic carbocycles. The van der Waals surface area contributed by atoms with Crippen molar-refractivity contribution < 1.29 is 19.1 Å². The van der Waals surface area contributed by atoms with E-state index in [9.17, 15) is 14.9 Å². The Morgan fingerprint density at radius 3 is 2.87 bits per heavy atom. The van der Waals surface area contributed by atoms with Gasteiger partial charge in [-0.2, -0.15) is 5.26 Å². The number of aryl methyl sites for hydroxylation is 1. The Morgan fingerprint density at radius 2 is 2.18 bits per heavy atom. The van der Waals surface area contributed by atoms with Crippen molar-refractivity contribution in [3.05, 3.63) is 40.7 Å². The van der Waals surface area contributed by atoms with Crippen molar-refractivity contribution in [1.29, 1.82) is 5.26 Å². The number of aromatic nitrogens is 2. The number of ether oxygens (including phenoxy) is 2. The molecule has 1 N–H and O–H groups in total. The number of nitrogens with zero attached hydrogens (tertiary/aromatic N) is 6. The molecule has 3 aliphatic rings. The first-order valence-corrected chi connectivity index (χ1v) is 13.0. The molecule has 2 aromatic heterocycles. The lowest BCUT2D eigenvalue weighted by Crippen LogP contribution is -2.40. The largest absolute Gasteiger partial charge is 0.380 e. The molecule has 2 fully saturated rings. The van der Waals surface area contributed by atoms with Crippen molar-refractivity contribution in [2.75, 3.05) is 48.5 Å². The molecule has 200 valence electrons. The molecular formula is C27H33N7O4. The average molecular weight is 520 g/mol. The van der Waals surface area contributed by atoms with Gasteiger partial charge in [0.15, 0.2) is 6.29 Å². The second-order valence-corrected chi connectivity index (χ2v) is 10.1. The van der Waals surface area contributed by atoms with Crippen LogP contribution in [0.25, 0.3) is 0 Å². The molecule has 2 saturated heterocycles. The zero-order valence-electron chi connectivity index (χ0n) is 22.0. The molecule has 2 aromatic rings. The quantitative estimate of drug-likeness (QED) is 0.574. The van der Waals surface area contributed by atoms with Crippen molar-refractivity contribution in [2.45, 2.75) is 58.0 Å². The Kier molecular flexibility index (Phi) is 7.56. The number of carbonyl (C=O) groups is 2. The standard InChI is InChI=1S/C27H33N7O4/c1-17-16-38-18(2)34(17)13-20-9-19-5-4-7-33(26(19)30-23(20)15-35)27(36)31-25-10-24(21(11-28)12-29-25)32-8-6-22(14-32)37-3/h9-10,12,15,17-18,22H,4-8,13-14,16H2,1-3H3,(H,29,31,36)/t17?,18?,22-/m1/s1. The third-order valence-electron chi connectivity index (χ3n) is 7.65. The van der Waals surface area contributed by atoms with Crippen LogP contribution in [0, 0.1) is 11.3 Å². The van der Waals surface area contributed by atoms with Crippen LogP contribution in [0.1, 0.15) is 53.9 Å². The van der Waals surface area contributed by atoms with E-state index in [2.05, 4.69) is 38.1 Å². The maximum atomic E-state index is 13.4. The highest BCUT2D eigenvalue weighted by atomic mass is 16.5. The maximum Gasteiger partial charge on any atom is 0.328 e. The lowest BCUT2D eigenvalue weighted by molar-refractivity contribution is 0.0425. The third-order valence-corrected chi connectivity index (χ3v) is 7.65. The van der Waals surface area contributed by atoms with E-state index in [0.717, 1.165) is 48.9 Å². The highest BCUT2D eigenvalue weighted by Gasteiger charge is 2.31. The summed E-state index contributed by atoms with van der Waals surface area (Å²) >= 11 is 0. The first-order valence-electron chi connectivity index (χ1n) is 13.0. The summed E-state index contributed by atoms with van der Waals surface area (Å²) in [6.45, 7) is 7.22. The molecule has 0 radical (unpaired) electrons. The summed E-state index contributed by atoms with van der Waals surface area (Å²) in [5.74, 6) is 0.843. The van der Waals surface area contributed by atoms with Gasteiger partial charge in [0.05, 0.1) is 24.0 Å². The van der Waals surface area contributed by atoms with E-state index in [1.54, 1.807) is 18.1 Å². The fourth-order valence-electron chi connectivity index (χ4n) is 5.47. The van der Waals surface area contributed by atoms with Gasteiger partial charge in [0, 0.05) is 51.6 Å². The molecule has 0 spiro atoms. The van der Waals surface area contributed by atoms with Gasteiger partial charge in [0.1, 0.15) is 29.6 Å². The number of fused-ring (bicyclic) bond motifs is 1. The molecule has 11 nitrogen and oxygen atoms in total. The van der Waals surface area contributed by atoms with Gasteiger partial charge in [0.25, 0.3) is 0 Å². The van der Waals surface area contributed by atoms with Crippen LogP contribution >= 0.6 is 0 Å². The minimum atomic E-state index is -0.377. The van der Waals surface area contributed by atoms with Crippen LogP contribution in [0.15, 0.2) is 18.3 Å². The van der Waals surface area contributed by atoms with Crippen molar-refractivity contribution in [3.63, 3.8) is 0 Å². The topological polar surface area (TPSA) is 124 Å². The van der Waals surface area contributed by atoms with Gasteiger partial charge < -0.3 is 14.4 Å². The Bertz CT molecular complexity index is 1250. The SMILES string of the molecule is CO[C@@H]1CCN(c2cc(NC(=O)N3CCCc4cc(CN5C(C)COC5C)c(C=O)nc43)ncc2C#N)C1. The molecule has 3 atom stereocenters. The molecule has 3 aliphatic heterocycles. The molecule has 38 heavy (non-hydrogen) atoms. The van der Waals surface area contributed by atoms with Crippen LogP contribution < -0.4 is 15.1 Å². The smallest absolute Gasteiger partial charge is 0.328 e. The van der Waals surface area contributed by atoms with Gasteiger partial charge in [-0.1, -0.05) is 0 Å². The van der Waals surface area contributed by atoms with E-state index in [1.807, 2.05) is 13.0 Å². The number of aldehydes is 1. The minimum absolute atomic E-state index is 0.0337. The van der Waals surface area contributed by atoms with Gasteiger partial charge in [0.2, 0.25) is 0 Å². The Balaban J connectivity index is 1.37. The van der Waals surface area contributed by atoms with Crippen LogP contribution in [0.2, 0.25) is 0 Å². The van der Waals surface area contributed by atoms with E-state index >= 15 is 0 Å². The summed E-state index contributed by atoms with van der Waals surface area (Å²) in [7, 11) is 1.68. The fourth-order valence-corrected chi connectivity index (χ4v) is 5.47. The number of nitriles is 1. The number of urea groups is 1. The number of pyridine rings is 2. The van der Waals surface area contributed by atoms with Crippen LogP contribution in [0.4, 0.5) is 22.1 Å². The van der Waals surface area contributed by atoms with E-state index in [4.69, 9.17) is 9.47 Å². The second kappa shape index (κ2) is 11.0. The lowest BCUT2D eigenvalue weighted by atomic mass is 10.0. The summed E-state index contributed by atoms with van der Waals surface area (Å²) in [4.78, 5) is 40.2. The first-order chi connectivity index (χ1) is 18.4. The number of amides is 2. The predicted octanol–water partition coefficient (Wildman–Crippen LogP) is 2.94. The molecule has 0 saturated carbocycles. The monoisotopic (exact) mass is 519 g/mol. The van der Waals surface area contributed by atoms with E-state index in [-0.39, 0.29) is 24.4 Å². The Morgan fingerprint density at radius 1 is 1.34 bits per heavy atom. The molecule has 11 heteroatoms. The van der Waals surface area contributed by atoms with Crippen molar-refractivity contribution >= 4 is 29.6 Å². The Hall–Kier alpha value is -3.59. The molecule has 2 unspecified atom stereocenters. The molecule has 0 bridgehead atoms. The number of anilines is 3. The average Bonchev–Trinajstić information content (AvgIpc) is 3.54. The van der Waals surface area contributed by atoms with Gasteiger partial charge in [-0.3, -0.25) is 19.9 Å². The first kappa shape index (κ1) is 26.0. The molecule has 2 amide bonds. The summed E-state index contributed by atoms with van der Waals surface area (Å²) in [6, 6.07) is 5.79. The summed E-state index contributed by atoms with van der Waals surface area (Å²) < 4.78 is 11.2. The molecule has 0 aromatic carbocycles. The van der Waals surface area contributed by atoms with E-state index in [0.29, 0.717) is 49.1 Å². The van der Waals surface area contributed by atoms with Gasteiger partial charge in [-0.25, -0.2) is 14.8 Å². The van der Waals surface area contributed by atoms with E-state index in [1.165, 1.54) is 6.20 Å². The fraction of sp³-hybridized carbons (Fsp3) is 0.519. The molecule has 5 rings (SSSR count). The molecule has 5 heterocycles. The number of hydrogen-bond donors (Lipinski definition) is 1. The highest BCUT2D eigenvalue weighted by Crippen LogP contribution is 2.31. The number of rotatable bonds is 6. The summed E-state index contributed by atoms with van der Waals surface area (Å²) in [5.41, 5.74) is 3.26. The van der Waals surface area contributed by atoms with Crippen LogP contribution in [-0.2, 0) is 22.4 Å². The third kappa shape index (κ3) is 5.07. The number of methoxy groups -OCH3 is 1. The van der Waals surface area contributed by atoms with Crippen LogP contribution in [0.3, 0.4) is 0 Å². The zero-order chi connectivity index (χ0) is 26.8. The van der Waals surface area contributed by atoms with Gasteiger partial charge in [-0.05, 0) is 50.3 Å². The van der Waals surface area contributed by atoms with Crippen molar-refractivity contribution in [2.24, 2.45) is 0 Å². The van der Waals surface area contributed by atoms with Crippen molar-refractivity contribution in [1.82, 2.24) is 14.9 Å². The second-order valence-electron chi connectivity index (χ2n) is 10.1. The van der Waals surface area contributed by atoms with Crippen molar-refractivity contribution in [3.8, 4) is 6.07 Å². The predicted molar refractivity (Wildman–Crippen MR) is 141 cm³/mol. The van der Waals surface area contributed by atoms with Crippen LogP contribution in [-0.4, -0.2) is 78.9 Å². The normalized spacial score (nSPS) is 23.3. The summed E-state index contributed by atoms with van der Waals surface area (Å²) in [6.07, 6.45) is 4.72. The highest BCUT2D eigenvalue weighted by molar-refractivity contribution is 6.01. The minimum Gasteiger partial charge on any atom is -0.380 e. The molecular weight excluding hydrogens is 486 g/mol. The number of hydrogen-bond acceptors (Lipinski definition) is 9. The number of nitrogens with one attached hydrogen (secondary N) is 1. The van der Waals surface area contributed by atoms with Gasteiger partial charge in [-0.15, -0.1) is 0 Å². The maximum absolute atomic E-state index is 13.4. The Labute approximate surface area is 222 Å². The van der Waals surface area contributed by atoms with Gasteiger partial charge >= 0.3 is 6.03 Å². The summed E-state index contributed by atoms with van der Waals surface area (Å²) in [5, 5.41) is 12.5. The van der Waals surface area contributed by atoms with Crippen LogP contribution in [0.5, 0.6) is 0 Å². The zero-order valence-corrected chi connectivity index (χ0v) is 22.0. The number of carbonyl (C=O) groups excluding carboxylic acids is 2. The lowest BCUT2D eigenvalue weighted by Gasteiger charge is -2.30.